The number of carbonyl (C=O) groups excluding carboxylic acids is 1. The van der Waals surface area contributed by atoms with E-state index in [1.807, 2.05) is 18.2 Å². The molecule has 5 N–H and O–H groups in total. The Hall–Kier alpha value is -5.07. The van der Waals surface area contributed by atoms with Crippen LogP contribution in [0.4, 0.5) is 34.9 Å². The van der Waals surface area contributed by atoms with Crippen LogP contribution in [0, 0.1) is 5.82 Å². The van der Waals surface area contributed by atoms with Gasteiger partial charge in [0.1, 0.15) is 5.82 Å². The number of hydrogen-bond acceptors (Lipinski definition) is 7. The molecule has 0 aliphatic rings. The maximum atomic E-state index is 13.2. The second-order valence-corrected chi connectivity index (χ2v) is 8.19. The summed E-state index contributed by atoms with van der Waals surface area (Å²) in [7, 11) is 0. The zero-order chi connectivity index (χ0) is 26.9. The van der Waals surface area contributed by atoms with Crippen molar-refractivity contribution in [3.8, 4) is 11.1 Å². The molecular formula is C25H18F4N8O. The van der Waals surface area contributed by atoms with Gasteiger partial charge in [0, 0.05) is 24.0 Å². The molecule has 3 aromatic heterocycles. The third kappa shape index (κ3) is 5.21. The van der Waals surface area contributed by atoms with Gasteiger partial charge in [0.25, 0.3) is 5.91 Å². The second-order valence-electron chi connectivity index (χ2n) is 8.19. The number of carbonyl (C=O) groups is 1. The maximum absolute atomic E-state index is 13.2. The van der Waals surface area contributed by atoms with E-state index in [2.05, 4.69) is 35.8 Å². The number of hydrogen-bond donors (Lipinski definition) is 4. The predicted octanol–water partition coefficient (Wildman–Crippen LogP) is 5.02. The number of nitrogens with zero attached hydrogens (tertiary/aromatic N) is 4. The summed E-state index contributed by atoms with van der Waals surface area (Å²) in [6.45, 7) is 0.142. The number of aromatic nitrogens is 5. The number of amides is 1. The number of nitrogen functional groups attached to an aromatic ring is 1. The van der Waals surface area contributed by atoms with Crippen molar-refractivity contribution >= 4 is 34.3 Å². The molecule has 0 aliphatic carbocycles. The fourth-order valence-corrected chi connectivity index (χ4v) is 3.62. The van der Waals surface area contributed by atoms with E-state index in [-0.39, 0.29) is 18.1 Å². The number of alkyl halides is 3. The van der Waals surface area contributed by atoms with Crippen LogP contribution >= 0.6 is 0 Å². The van der Waals surface area contributed by atoms with Crippen molar-refractivity contribution in [3.05, 3.63) is 89.8 Å². The first-order valence-electron chi connectivity index (χ1n) is 11.1. The number of H-pyrrole nitrogens is 1. The summed E-state index contributed by atoms with van der Waals surface area (Å²) in [5.41, 5.74) is 7.17. The highest BCUT2D eigenvalue weighted by molar-refractivity contribution is 6.06. The van der Waals surface area contributed by atoms with Crippen molar-refractivity contribution < 1.29 is 22.4 Å². The van der Waals surface area contributed by atoms with E-state index in [1.54, 1.807) is 18.3 Å². The molecule has 9 nitrogen and oxygen atoms in total. The van der Waals surface area contributed by atoms with Crippen LogP contribution in [-0.2, 0) is 12.7 Å². The zero-order valence-corrected chi connectivity index (χ0v) is 19.3. The Morgan fingerprint density at radius 2 is 1.71 bits per heavy atom. The summed E-state index contributed by atoms with van der Waals surface area (Å²) >= 11 is 0. The third-order valence-electron chi connectivity index (χ3n) is 5.57. The number of pyridine rings is 1. The van der Waals surface area contributed by atoms with Gasteiger partial charge in [-0.2, -0.15) is 18.3 Å². The number of aromatic amines is 1. The lowest BCUT2D eigenvalue weighted by Gasteiger charge is -2.13. The molecule has 0 aliphatic heterocycles. The Morgan fingerprint density at radius 1 is 0.974 bits per heavy atom. The molecule has 1 amide bonds. The van der Waals surface area contributed by atoms with Crippen LogP contribution in [0.15, 0.2) is 67.0 Å². The van der Waals surface area contributed by atoms with Gasteiger partial charge in [0.2, 0.25) is 0 Å². The lowest BCUT2D eigenvalue weighted by molar-refractivity contribution is -0.141. The SMILES string of the molecule is Nc1n[nH]c2ncc(-c3ccc(CNc4ncc(C(F)(F)F)nc4C(=O)Nc4ccc(F)cc4)cc3)cc12. The van der Waals surface area contributed by atoms with Crippen molar-refractivity contribution in [2.45, 2.75) is 12.7 Å². The first kappa shape index (κ1) is 24.6. The van der Waals surface area contributed by atoms with Crippen molar-refractivity contribution in [1.82, 2.24) is 25.1 Å². The molecule has 0 spiro atoms. The molecule has 0 fully saturated rings. The normalized spacial score (nSPS) is 11.5. The average Bonchev–Trinajstić information content (AvgIpc) is 3.28. The summed E-state index contributed by atoms with van der Waals surface area (Å²) < 4.78 is 52.9. The van der Waals surface area contributed by atoms with E-state index >= 15 is 0 Å². The number of rotatable bonds is 6. The minimum atomic E-state index is -4.80. The molecule has 0 bridgehead atoms. The van der Waals surface area contributed by atoms with Gasteiger partial charge in [0.15, 0.2) is 28.7 Å². The van der Waals surface area contributed by atoms with Gasteiger partial charge < -0.3 is 16.4 Å². The van der Waals surface area contributed by atoms with E-state index < -0.39 is 29.3 Å². The molecule has 0 atom stereocenters. The zero-order valence-electron chi connectivity index (χ0n) is 19.3. The van der Waals surface area contributed by atoms with E-state index in [9.17, 15) is 22.4 Å². The van der Waals surface area contributed by atoms with Crippen LogP contribution in [0.1, 0.15) is 21.7 Å². The van der Waals surface area contributed by atoms with Crippen LogP contribution < -0.4 is 16.4 Å². The van der Waals surface area contributed by atoms with Crippen LogP contribution in [-0.4, -0.2) is 31.1 Å². The molecule has 2 aromatic carbocycles. The molecule has 5 rings (SSSR count). The van der Waals surface area contributed by atoms with Crippen molar-refractivity contribution in [3.63, 3.8) is 0 Å². The molecule has 38 heavy (non-hydrogen) atoms. The van der Waals surface area contributed by atoms with Gasteiger partial charge in [-0.15, -0.1) is 0 Å². The minimum Gasteiger partial charge on any atom is -0.382 e. The Balaban J connectivity index is 1.35. The topological polar surface area (TPSA) is 134 Å². The Morgan fingerprint density at radius 3 is 2.42 bits per heavy atom. The number of nitrogens with two attached hydrogens (primary N) is 1. The molecule has 0 saturated carbocycles. The molecule has 3 heterocycles. The smallest absolute Gasteiger partial charge is 0.382 e. The van der Waals surface area contributed by atoms with Gasteiger partial charge in [-0.05, 0) is 41.5 Å². The average molecular weight is 522 g/mol. The maximum Gasteiger partial charge on any atom is 0.434 e. The van der Waals surface area contributed by atoms with E-state index in [0.29, 0.717) is 23.0 Å². The standard InChI is InChI=1S/C25H18F4N8O/c26-16-5-7-17(8-6-16)34-24(38)20-23(33-12-19(35-20)25(27,28)29)31-10-13-1-3-14(4-2-13)15-9-18-21(30)36-37-22(18)32-11-15/h1-9,11-12H,10H2,(H,31,33)(H,34,38)(H3,30,32,36,37). The van der Waals surface area contributed by atoms with Crippen LogP contribution in [0.5, 0.6) is 0 Å². The second kappa shape index (κ2) is 9.76. The minimum absolute atomic E-state index is 0.142. The highest BCUT2D eigenvalue weighted by Crippen LogP contribution is 2.29. The van der Waals surface area contributed by atoms with Crippen molar-refractivity contribution in [2.24, 2.45) is 0 Å². The highest BCUT2D eigenvalue weighted by atomic mass is 19.4. The Labute approximate surface area is 212 Å². The fourth-order valence-electron chi connectivity index (χ4n) is 3.62. The molecule has 192 valence electrons. The molecule has 0 saturated heterocycles. The van der Waals surface area contributed by atoms with E-state index in [1.165, 1.54) is 12.1 Å². The van der Waals surface area contributed by atoms with Crippen LogP contribution in [0.2, 0.25) is 0 Å². The lowest BCUT2D eigenvalue weighted by Crippen LogP contribution is -2.21. The monoisotopic (exact) mass is 522 g/mol. The first-order valence-corrected chi connectivity index (χ1v) is 11.1. The quantitative estimate of drug-likeness (QED) is 0.230. The fraction of sp³-hybridized carbons (Fsp3) is 0.0800. The Bertz CT molecular complexity index is 1620. The molecule has 5 aromatic rings. The highest BCUT2D eigenvalue weighted by Gasteiger charge is 2.34. The summed E-state index contributed by atoms with van der Waals surface area (Å²) in [4.78, 5) is 24.4. The first-order chi connectivity index (χ1) is 18.2. The van der Waals surface area contributed by atoms with Gasteiger partial charge in [-0.1, -0.05) is 24.3 Å². The Kier molecular flexibility index (Phi) is 6.33. The predicted molar refractivity (Wildman–Crippen MR) is 132 cm³/mol. The van der Waals surface area contributed by atoms with E-state index in [0.717, 1.165) is 28.8 Å². The number of nitrogens with one attached hydrogen (secondary N) is 3. The number of halogens is 4. The molecule has 0 unspecified atom stereocenters. The number of fused-ring (bicyclic) bond motifs is 1. The van der Waals surface area contributed by atoms with Gasteiger partial charge in [0.05, 0.1) is 11.6 Å². The molecule has 13 heteroatoms. The van der Waals surface area contributed by atoms with Gasteiger partial charge in [-0.25, -0.2) is 19.3 Å². The van der Waals surface area contributed by atoms with Crippen molar-refractivity contribution in [2.75, 3.05) is 16.4 Å². The number of anilines is 3. The summed E-state index contributed by atoms with van der Waals surface area (Å²) in [6, 6.07) is 13.9. The number of benzene rings is 2. The summed E-state index contributed by atoms with van der Waals surface area (Å²) in [6.07, 6.45) is -2.58. The summed E-state index contributed by atoms with van der Waals surface area (Å²) in [5.74, 6) is -1.27. The van der Waals surface area contributed by atoms with Crippen LogP contribution in [0.3, 0.4) is 0 Å². The largest absolute Gasteiger partial charge is 0.434 e. The summed E-state index contributed by atoms with van der Waals surface area (Å²) in [5, 5.41) is 12.6. The third-order valence-corrected chi connectivity index (χ3v) is 5.57. The van der Waals surface area contributed by atoms with E-state index in [4.69, 9.17) is 5.73 Å². The molecular weight excluding hydrogens is 504 g/mol. The van der Waals surface area contributed by atoms with Crippen molar-refractivity contribution in [1.29, 1.82) is 0 Å². The lowest BCUT2D eigenvalue weighted by atomic mass is 10.0. The molecule has 0 radical (unpaired) electrons. The van der Waals surface area contributed by atoms with Gasteiger partial charge >= 0.3 is 6.18 Å². The van der Waals surface area contributed by atoms with Gasteiger partial charge in [-0.3, -0.25) is 9.89 Å². The van der Waals surface area contributed by atoms with Crippen LogP contribution in [0.25, 0.3) is 22.2 Å².